The fraction of sp³-hybridized carbons (Fsp3) is 0.833. The predicted octanol–water partition coefficient (Wildman–Crippen LogP) is 1.16. The van der Waals surface area contributed by atoms with Crippen molar-refractivity contribution in [2.24, 2.45) is 0 Å². The average Bonchev–Trinajstić information content (AvgIpc) is 1.81. The second-order valence-corrected chi connectivity index (χ2v) is 2.78. The molecule has 0 saturated carbocycles. The molecule has 0 heterocycles. The normalized spacial score (nSPS) is 11.3. The molecule has 3 nitrogen and oxygen atoms in total. The van der Waals surface area contributed by atoms with Crippen LogP contribution in [0.1, 0.15) is 6.42 Å². The highest BCUT2D eigenvalue weighted by atomic mass is 35.5. The molecule has 76 valence electrons. The topological polar surface area (TPSA) is 40.5 Å². The van der Waals surface area contributed by atoms with Crippen LogP contribution < -0.4 is 0 Å². The van der Waals surface area contributed by atoms with E-state index in [2.05, 4.69) is 12.6 Å². The van der Waals surface area contributed by atoms with Crippen LogP contribution >= 0.6 is 37.4 Å². The van der Waals surface area contributed by atoms with Crippen LogP contribution in [-0.2, 0) is 4.79 Å². The summed E-state index contributed by atoms with van der Waals surface area (Å²) >= 11 is 3.96. The van der Waals surface area contributed by atoms with Crippen LogP contribution in [0.4, 0.5) is 0 Å². The Hall–Kier alpha value is 0.360. The monoisotopic (exact) mass is 235 g/mol. The number of carboxylic acids is 1. The van der Waals surface area contributed by atoms with Gasteiger partial charge in [-0.05, 0) is 26.3 Å². The summed E-state index contributed by atoms with van der Waals surface area (Å²) in [6.45, 7) is 0. The van der Waals surface area contributed by atoms with Crippen LogP contribution in [0, 0.1) is 0 Å². The lowest BCUT2D eigenvalue weighted by molar-refractivity contribution is -0.142. The Morgan fingerprint density at radius 2 is 1.92 bits per heavy atom. The van der Waals surface area contributed by atoms with Crippen molar-refractivity contribution in [3.63, 3.8) is 0 Å². The molecule has 0 aromatic carbocycles. The third kappa shape index (κ3) is 7.03. The largest absolute Gasteiger partial charge is 0.480 e. The minimum Gasteiger partial charge on any atom is -0.480 e. The fourth-order valence-electron chi connectivity index (χ4n) is 0.725. The standard InChI is InChI=1S/C6H13NO2S.2ClH/c1-7(2)5(3-4-10)6(8)9;;/h5,10H,3-4H2,1-2H3,(H,8,9);2*1H/t5-;;/m0../s1. The number of rotatable bonds is 4. The number of carboxylic acid groups (broad SMARTS) is 1. The molecule has 6 heteroatoms. The van der Waals surface area contributed by atoms with Gasteiger partial charge in [0.2, 0.25) is 0 Å². The lowest BCUT2D eigenvalue weighted by Gasteiger charge is -2.18. The van der Waals surface area contributed by atoms with Crippen molar-refractivity contribution in [2.45, 2.75) is 12.5 Å². The van der Waals surface area contributed by atoms with E-state index in [1.165, 1.54) is 0 Å². The second-order valence-electron chi connectivity index (χ2n) is 2.33. The molecule has 0 aliphatic rings. The highest BCUT2D eigenvalue weighted by Crippen LogP contribution is 2.00. The second kappa shape index (κ2) is 9.45. The minimum absolute atomic E-state index is 0. The van der Waals surface area contributed by atoms with Gasteiger partial charge in [0.05, 0.1) is 0 Å². The van der Waals surface area contributed by atoms with Gasteiger partial charge < -0.3 is 5.11 Å². The Balaban J connectivity index is -0.000000405. The van der Waals surface area contributed by atoms with E-state index in [1.54, 1.807) is 19.0 Å². The van der Waals surface area contributed by atoms with Crippen molar-refractivity contribution in [3.8, 4) is 0 Å². The first kappa shape index (κ1) is 18.2. The van der Waals surface area contributed by atoms with Crippen LogP contribution in [0.25, 0.3) is 0 Å². The molecule has 0 aliphatic carbocycles. The lowest BCUT2D eigenvalue weighted by Crippen LogP contribution is -2.35. The van der Waals surface area contributed by atoms with E-state index < -0.39 is 12.0 Å². The Labute approximate surface area is 90.7 Å². The molecule has 0 radical (unpaired) electrons. The van der Waals surface area contributed by atoms with E-state index in [1.807, 2.05) is 0 Å². The maximum absolute atomic E-state index is 10.5. The summed E-state index contributed by atoms with van der Waals surface area (Å²) in [6, 6.07) is -0.391. The highest BCUT2D eigenvalue weighted by Gasteiger charge is 2.17. The van der Waals surface area contributed by atoms with Gasteiger partial charge in [0.15, 0.2) is 0 Å². The van der Waals surface area contributed by atoms with E-state index in [-0.39, 0.29) is 24.8 Å². The van der Waals surface area contributed by atoms with Crippen molar-refractivity contribution in [2.75, 3.05) is 19.8 Å². The first-order chi connectivity index (χ1) is 4.59. The molecule has 0 aromatic heterocycles. The van der Waals surface area contributed by atoms with E-state index in [4.69, 9.17) is 5.11 Å². The van der Waals surface area contributed by atoms with Gasteiger partial charge in [0.25, 0.3) is 0 Å². The molecule has 0 aromatic rings. The molecule has 0 saturated heterocycles. The number of hydrogen-bond acceptors (Lipinski definition) is 3. The summed E-state index contributed by atoms with van der Waals surface area (Å²) in [5.41, 5.74) is 0. The maximum atomic E-state index is 10.5. The van der Waals surface area contributed by atoms with E-state index in [0.717, 1.165) is 0 Å². The number of likely N-dealkylation sites (N-methyl/N-ethyl adjacent to an activating group) is 1. The summed E-state index contributed by atoms with van der Waals surface area (Å²) < 4.78 is 0. The Morgan fingerprint density at radius 3 is 2.00 bits per heavy atom. The first-order valence-corrected chi connectivity index (χ1v) is 3.73. The van der Waals surface area contributed by atoms with Gasteiger partial charge in [0, 0.05) is 0 Å². The number of carbonyl (C=O) groups is 1. The van der Waals surface area contributed by atoms with Gasteiger partial charge in [-0.1, -0.05) is 0 Å². The van der Waals surface area contributed by atoms with Crippen molar-refractivity contribution in [1.82, 2.24) is 4.90 Å². The summed E-state index contributed by atoms with van der Waals surface area (Å²) in [6.07, 6.45) is 0.589. The maximum Gasteiger partial charge on any atom is 0.320 e. The summed E-state index contributed by atoms with van der Waals surface area (Å²) in [7, 11) is 3.50. The Kier molecular flexibility index (Phi) is 14.3. The average molecular weight is 236 g/mol. The molecule has 12 heavy (non-hydrogen) atoms. The molecule has 0 bridgehead atoms. The van der Waals surface area contributed by atoms with E-state index in [0.29, 0.717) is 12.2 Å². The van der Waals surface area contributed by atoms with Crippen LogP contribution in [-0.4, -0.2) is 41.9 Å². The van der Waals surface area contributed by atoms with E-state index in [9.17, 15) is 4.79 Å². The highest BCUT2D eigenvalue weighted by molar-refractivity contribution is 7.80. The summed E-state index contributed by atoms with van der Waals surface area (Å²) in [4.78, 5) is 12.1. The molecule has 1 atom stereocenters. The summed E-state index contributed by atoms with van der Waals surface area (Å²) in [5.74, 6) is -0.172. The third-order valence-electron chi connectivity index (χ3n) is 1.31. The molecule has 0 fully saturated rings. The third-order valence-corrected chi connectivity index (χ3v) is 1.57. The zero-order valence-electron chi connectivity index (χ0n) is 7.06. The summed E-state index contributed by atoms with van der Waals surface area (Å²) in [5, 5.41) is 8.60. The van der Waals surface area contributed by atoms with Crippen molar-refractivity contribution in [1.29, 1.82) is 0 Å². The molecule has 0 unspecified atom stereocenters. The van der Waals surface area contributed by atoms with Crippen molar-refractivity contribution >= 4 is 43.4 Å². The van der Waals surface area contributed by atoms with Crippen molar-refractivity contribution < 1.29 is 9.90 Å². The van der Waals surface area contributed by atoms with E-state index >= 15 is 0 Å². The van der Waals surface area contributed by atoms with Crippen LogP contribution in [0.5, 0.6) is 0 Å². The molecule has 0 aliphatic heterocycles. The fourth-order valence-corrected chi connectivity index (χ4v) is 0.969. The molecule has 0 amide bonds. The zero-order valence-corrected chi connectivity index (χ0v) is 9.59. The molecule has 0 spiro atoms. The molecular weight excluding hydrogens is 221 g/mol. The molecular formula is C6H15Cl2NO2S. The van der Waals surface area contributed by atoms with Crippen molar-refractivity contribution in [3.05, 3.63) is 0 Å². The van der Waals surface area contributed by atoms with Crippen LogP contribution in [0.3, 0.4) is 0 Å². The number of halogens is 2. The Bertz CT molecular complexity index is 124. The van der Waals surface area contributed by atoms with Gasteiger partial charge in [-0.3, -0.25) is 9.69 Å². The Morgan fingerprint density at radius 1 is 1.50 bits per heavy atom. The van der Waals surface area contributed by atoms with Crippen LogP contribution in [0.2, 0.25) is 0 Å². The first-order valence-electron chi connectivity index (χ1n) is 3.09. The van der Waals surface area contributed by atoms with Gasteiger partial charge in [-0.15, -0.1) is 24.8 Å². The number of hydrogen-bond donors (Lipinski definition) is 2. The number of nitrogens with zero attached hydrogens (tertiary/aromatic N) is 1. The van der Waals surface area contributed by atoms with Gasteiger partial charge >= 0.3 is 5.97 Å². The van der Waals surface area contributed by atoms with Gasteiger partial charge in [0.1, 0.15) is 6.04 Å². The van der Waals surface area contributed by atoms with Crippen LogP contribution in [0.15, 0.2) is 0 Å². The van der Waals surface area contributed by atoms with Gasteiger partial charge in [-0.2, -0.15) is 12.6 Å². The molecule has 1 N–H and O–H groups in total. The molecule has 0 rings (SSSR count). The smallest absolute Gasteiger partial charge is 0.320 e. The number of thiol groups is 1. The quantitative estimate of drug-likeness (QED) is 0.720. The zero-order chi connectivity index (χ0) is 8.15. The SMILES string of the molecule is CN(C)[C@@H](CCS)C(=O)O.Cl.Cl. The number of aliphatic carboxylic acids is 1. The predicted molar refractivity (Wildman–Crippen MR) is 58.1 cm³/mol. The minimum atomic E-state index is -0.779. The van der Waals surface area contributed by atoms with Gasteiger partial charge in [-0.25, -0.2) is 0 Å². The lowest BCUT2D eigenvalue weighted by atomic mass is 10.2.